The number of nitrogens with zero attached hydrogens (tertiary/aromatic N) is 2. The summed E-state index contributed by atoms with van der Waals surface area (Å²) in [7, 11) is 3.05. The zero-order valence-corrected chi connectivity index (χ0v) is 21.2. The summed E-state index contributed by atoms with van der Waals surface area (Å²) in [5.41, 5.74) is 1.38. The quantitative estimate of drug-likeness (QED) is 0.250. The molecule has 2 aromatic heterocycles. The molecule has 34 heavy (non-hydrogen) atoms. The lowest BCUT2D eigenvalue weighted by Crippen LogP contribution is -2.45. The average Bonchev–Trinajstić information content (AvgIpc) is 3.40. The SMILES string of the molecule is COC(=O)[C@H]1CN(CCSc2cccs2)CC[C@H]1CCC(F)c1ccnc2ccc(OC)cc12. The highest BCUT2D eigenvalue weighted by Gasteiger charge is 2.35. The lowest BCUT2D eigenvalue weighted by molar-refractivity contribution is -0.150. The summed E-state index contributed by atoms with van der Waals surface area (Å²) in [6.07, 6.45) is 2.41. The topological polar surface area (TPSA) is 51.7 Å². The van der Waals surface area contributed by atoms with Crippen molar-refractivity contribution in [2.45, 2.75) is 29.6 Å². The number of halogens is 1. The van der Waals surface area contributed by atoms with Crippen molar-refractivity contribution in [2.75, 3.05) is 39.6 Å². The molecular formula is C26H31FN2O3S2. The monoisotopic (exact) mass is 502 g/mol. The first-order chi connectivity index (χ1) is 16.6. The van der Waals surface area contributed by atoms with Crippen molar-refractivity contribution in [3.63, 3.8) is 0 Å². The molecule has 0 spiro atoms. The number of thiophene rings is 1. The van der Waals surface area contributed by atoms with Gasteiger partial charge in [0.2, 0.25) is 0 Å². The smallest absolute Gasteiger partial charge is 0.310 e. The molecule has 1 saturated heterocycles. The molecule has 0 N–H and O–H groups in total. The van der Waals surface area contributed by atoms with Gasteiger partial charge in [-0.25, -0.2) is 4.39 Å². The molecule has 4 rings (SSSR count). The molecule has 182 valence electrons. The maximum atomic E-state index is 15.4. The van der Waals surface area contributed by atoms with Crippen molar-refractivity contribution in [3.8, 4) is 5.75 Å². The Hall–Kier alpha value is -2.16. The summed E-state index contributed by atoms with van der Waals surface area (Å²) in [6, 6.07) is 11.5. The van der Waals surface area contributed by atoms with E-state index >= 15 is 4.39 Å². The molecule has 1 aromatic carbocycles. The summed E-state index contributed by atoms with van der Waals surface area (Å²) in [6.45, 7) is 2.53. The molecule has 8 heteroatoms. The summed E-state index contributed by atoms with van der Waals surface area (Å²) >= 11 is 3.60. The van der Waals surface area contributed by atoms with Crippen LogP contribution in [0.1, 0.15) is 31.0 Å². The Morgan fingerprint density at radius 2 is 2.21 bits per heavy atom. The fraction of sp³-hybridized carbons (Fsp3) is 0.462. The normalized spacial score (nSPS) is 19.7. The van der Waals surface area contributed by atoms with Crippen LogP contribution in [0.2, 0.25) is 0 Å². The number of hydrogen-bond acceptors (Lipinski definition) is 7. The molecule has 0 bridgehead atoms. The highest BCUT2D eigenvalue weighted by atomic mass is 32.2. The van der Waals surface area contributed by atoms with Crippen molar-refractivity contribution < 1.29 is 18.7 Å². The van der Waals surface area contributed by atoms with Gasteiger partial charge in [0.1, 0.15) is 11.9 Å². The Labute approximate surface area is 208 Å². The van der Waals surface area contributed by atoms with Crippen LogP contribution in [0.5, 0.6) is 5.75 Å². The van der Waals surface area contributed by atoms with Gasteiger partial charge in [0.15, 0.2) is 0 Å². The molecule has 0 amide bonds. The summed E-state index contributed by atoms with van der Waals surface area (Å²) in [4.78, 5) is 19.3. The van der Waals surface area contributed by atoms with Crippen LogP contribution < -0.4 is 4.74 Å². The van der Waals surface area contributed by atoms with Crippen molar-refractivity contribution in [2.24, 2.45) is 11.8 Å². The molecule has 1 aliphatic rings. The van der Waals surface area contributed by atoms with E-state index in [1.807, 2.05) is 30.0 Å². The van der Waals surface area contributed by atoms with E-state index in [0.29, 0.717) is 30.7 Å². The minimum atomic E-state index is -1.13. The number of benzene rings is 1. The maximum Gasteiger partial charge on any atom is 0.310 e. The lowest BCUT2D eigenvalue weighted by Gasteiger charge is -2.37. The van der Waals surface area contributed by atoms with Gasteiger partial charge in [-0.2, -0.15) is 0 Å². The van der Waals surface area contributed by atoms with Crippen molar-refractivity contribution in [1.82, 2.24) is 9.88 Å². The third-order valence-corrected chi connectivity index (χ3v) is 8.71. The second-order valence-corrected chi connectivity index (χ2v) is 10.9. The number of fused-ring (bicyclic) bond motifs is 1. The first kappa shape index (κ1) is 24.9. The molecule has 3 aromatic rings. The van der Waals surface area contributed by atoms with E-state index < -0.39 is 6.17 Å². The molecule has 0 saturated carbocycles. The van der Waals surface area contributed by atoms with Crippen LogP contribution in [-0.4, -0.2) is 55.5 Å². The van der Waals surface area contributed by atoms with E-state index in [-0.39, 0.29) is 17.8 Å². The third-order valence-electron chi connectivity index (χ3n) is 6.60. The van der Waals surface area contributed by atoms with Crippen LogP contribution in [0, 0.1) is 11.8 Å². The predicted octanol–water partition coefficient (Wildman–Crippen LogP) is 6.00. The van der Waals surface area contributed by atoms with E-state index in [4.69, 9.17) is 9.47 Å². The molecule has 1 fully saturated rings. The number of piperidine rings is 1. The molecular weight excluding hydrogens is 471 g/mol. The van der Waals surface area contributed by atoms with E-state index in [9.17, 15) is 4.79 Å². The first-order valence-corrected chi connectivity index (χ1v) is 13.5. The standard InChI is InChI=1S/C26H31FN2O3S2/c1-31-19-6-8-24-21(16-19)20(9-11-28-24)23(27)7-5-18-10-12-29(17-22(18)26(30)32-2)13-15-34-25-4-3-14-33-25/h3-4,6,8-9,11,14,16,18,22-23H,5,7,10,12-13,15,17H2,1-2H3/t18-,22+,23?/m1/s1. The number of ether oxygens (including phenoxy) is 2. The number of methoxy groups -OCH3 is 2. The lowest BCUT2D eigenvalue weighted by atomic mass is 9.81. The van der Waals surface area contributed by atoms with Crippen LogP contribution >= 0.6 is 23.1 Å². The van der Waals surface area contributed by atoms with Crippen LogP contribution in [-0.2, 0) is 9.53 Å². The molecule has 1 aliphatic heterocycles. The summed E-state index contributed by atoms with van der Waals surface area (Å²) < 4.78 is 27.2. The van der Waals surface area contributed by atoms with E-state index in [2.05, 4.69) is 27.4 Å². The number of alkyl halides is 1. The van der Waals surface area contributed by atoms with Crippen molar-refractivity contribution in [3.05, 3.63) is 53.5 Å². The number of thioether (sulfide) groups is 1. The van der Waals surface area contributed by atoms with Gasteiger partial charge in [0, 0.05) is 30.4 Å². The van der Waals surface area contributed by atoms with Crippen LogP contribution in [0.15, 0.2) is 52.2 Å². The fourth-order valence-corrected chi connectivity index (χ4v) is 6.58. The van der Waals surface area contributed by atoms with Crippen molar-refractivity contribution >= 4 is 40.0 Å². The highest BCUT2D eigenvalue weighted by molar-refractivity contribution is 8.01. The second kappa shape index (κ2) is 12.0. The van der Waals surface area contributed by atoms with Crippen LogP contribution in [0.3, 0.4) is 0 Å². The molecule has 5 nitrogen and oxygen atoms in total. The summed E-state index contributed by atoms with van der Waals surface area (Å²) in [5, 5.41) is 2.86. The second-order valence-electron chi connectivity index (χ2n) is 8.59. The molecule has 3 atom stereocenters. The minimum Gasteiger partial charge on any atom is -0.497 e. The number of aromatic nitrogens is 1. The van der Waals surface area contributed by atoms with E-state index in [1.54, 1.807) is 30.7 Å². The highest BCUT2D eigenvalue weighted by Crippen LogP contribution is 2.36. The van der Waals surface area contributed by atoms with Gasteiger partial charge in [0.25, 0.3) is 0 Å². The van der Waals surface area contributed by atoms with Gasteiger partial charge < -0.3 is 14.4 Å². The van der Waals surface area contributed by atoms with E-state index in [0.717, 1.165) is 36.2 Å². The van der Waals surface area contributed by atoms with Gasteiger partial charge in [-0.3, -0.25) is 9.78 Å². The number of carbonyl (C=O) groups is 1. The number of likely N-dealkylation sites (tertiary alicyclic amines) is 1. The van der Waals surface area contributed by atoms with Gasteiger partial charge in [-0.05, 0) is 73.0 Å². The van der Waals surface area contributed by atoms with Gasteiger partial charge in [-0.15, -0.1) is 23.1 Å². The molecule has 0 aliphatic carbocycles. The van der Waals surface area contributed by atoms with Gasteiger partial charge in [-0.1, -0.05) is 6.07 Å². The largest absolute Gasteiger partial charge is 0.497 e. The Balaban J connectivity index is 1.37. The number of carbonyl (C=O) groups excluding carboxylic acids is 1. The molecule has 0 radical (unpaired) electrons. The minimum absolute atomic E-state index is 0.120. The van der Waals surface area contributed by atoms with E-state index in [1.165, 1.54) is 11.3 Å². The average molecular weight is 503 g/mol. The van der Waals surface area contributed by atoms with Crippen molar-refractivity contribution in [1.29, 1.82) is 0 Å². The number of hydrogen-bond donors (Lipinski definition) is 0. The van der Waals surface area contributed by atoms with Gasteiger partial charge in [0.05, 0.1) is 29.9 Å². The Kier molecular flexibility index (Phi) is 8.80. The zero-order valence-electron chi connectivity index (χ0n) is 19.6. The molecule has 3 heterocycles. The predicted molar refractivity (Wildman–Crippen MR) is 136 cm³/mol. The number of esters is 1. The Bertz CT molecular complexity index is 1080. The zero-order chi connectivity index (χ0) is 23.9. The number of pyridine rings is 1. The Morgan fingerprint density at radius 3 is 2.97 bits per heavy atom. The van der Waals surface area contributed by atoms with Gasteiger partial charge >= 0.3 is 5.97 Å². The maximum absolute atomic E-state index is 15.4. The Morgan fingerprint density at radius 1 is 1.32 bits per heavy atom. The van der Waals surface area contributed by atoms with Crippen LogP contribution in [0.25, 0.3) is 10.9 Å². The fourth-order valence-electron chi connectivity index (χ4n) is 4.72. The van der Waals surface area contributed by atoms with Crippen LogP contribution in [0.4, 0.5) is 4.39 Å². The first-order valence-electron chi connectivity index (χ1n) is 11.6. The number of rotatable bonds is 10. The third kappa shape index (κ3) is 6.09. The molecule has 1 unspecified atom stereocenters. The summed E-state index contributed by atoms with van der Waals surface area (Å²) in [5.74, 6) is 1.39.